The zero-order chi connectivity index (χ0) is 74.1. The Morgan fingerprint density at radius 2 is 1.00 bits per heavy atom. The first-order valence-electron chi connectivity index (χ1n) is 35.9. The molecule has 2 aromatic carbocycles. The molecule has 0 unspecified atom stereocenters. The Bertz CT molecular complexity index is 3460. The smallest absolute Gasteiger partial charge is 0.462 e. The van der Waals surface area contributed by atoms with Crippen LogP contribution in [0.25, 0.3) is 34.4 Å². The summed E-state index contributed by atoms with van der Waals surface area (Å²) >= 11 is 0. The quantitative estimate of drug-likeness (QED) is 0.0743. The van der Waals surface area contributed by atoms with Gasteiger partial charge in [-0.3, -0.25) is 19.6 Å². The van der Waals surface area contributed by atoms with Crippen molar-refractivity contribution >= 4 is 54.7 Å². The average Bonchev–Trinajstić information content (AvgIpc) is 1.68. The molecule has 0 spiro atoms. The number of rotatable bonds is 13. The minimum atomic E-state index is -1.06. The Balaban J connectivity index is 0.000000221. The molecule has 2 saturated heterocycles. The third-order valence-corrected chi connectivity index (χ3v) is 19.4. The first kappa shape index (κ1) is 80.0. The number of nitrogens with one attached hydrogen (secondary N) is 1. The van der Waals surface area contributed by atoms with Crippen LogP contribution in [0, 0.1) is 70.8 Å². The summed E-state index contributed by atoms with van der Waals surface area (Å²) in [6.45, 7) is 33.4. The maximum absolute atomic E-state index is 13.7. The monoisotopic (exact) mass is 1400 g/mol. The van der Waals surface area contributed by atoms with E-state index in [0.717, 1.165) is 70.6 Å². The van der Waals surface area contributed by atoms with Crippen molar-refractivity contribution in [2.45, 2.75) is 203 Å². The van der Waals surface area contributed by atoms with Crippen molar-refractivity contribution in [1.29, 1.82) is 0 Å². The second-order valence-corrected chi connectivity index (χ2v) is 29.8. The van der Waals surface area contributed by atoms with Crippen molar-refractivity contribution in [2.24, 2.45) is 59.2 Å². The number of allylic oxidation sites excluding steroid dienone is 2. The number of halogens is 2. The summed E-state index contributed by atoms with van der Waals surface area (Å²) in [5.41, 5.74) is 2.68. The highest BCUT2D eigenvalue weighted by atomic mass is 19.1. The number of aromatic nitrogens is 2. The number of amides is 3. The van der Waals surface area contributed by atoms with Crippen LogP contribution in [-0.2, 0) is 47.5 Å². The number of alkyl carbamates (subject to hydrolysis) is 1. The van der Waals surface area contributed by atoms with Crippen molar-refractivity contribution < 1.29 is 80.2 Å². The number of hydrogen-bond donors (Lipinski definition) is 1. The lowest BCUT2D eigenvalue weighted by molar-refractivity contribution is -0.145. The Kier molecular flexibility index (Phi) is 28.6. The molecule has 2 aromatic heterocycles. The van der Waals surface area contributed by atoms with E-state index in [1.165, 1.54) is 43.9 Å². The summed E-state index contributed by atoms with van der Waals surface area (Å²) < 4.78 is 68.4. The number of fused-ring (bicyclic) bond motifs is 4. The third-order valence-electron chi connectivity index (χ3n) is 19.4. The normalized spacial score (nSPS) is 25.8. The SMILES string of the molecule is CC(C)(C)OC(=O)OC(=O)OC(C)(C)C.CCN(CC)CC.CCOC(=O)N(C(=O)OC(C)(C)C)[C@@H]1CC[C@@H]2[C@@H](C1)C[C@H]1C(=O)O[C@H](C)[C@H]1[C@H]2/C=C/c1ccc(-c2cccc(F)c2)cn1.CCOC(=O)N[C@@H]1CC[C@@H]2[C@@H](C1)C[C@H]1C(=O)O[C@H](C)[C@H]1[C@H]2/C=C/c1ccc(-c2cccc(F)c2)cn1. The van der Waals surface area contributed by atoms with Gasteiger partial charge in [0.1, 0.15) is 40.6 Å². The predicted octanol–water partition coefficient (Wildman–Crippen LogP) is 17.1. The van der Waals surface area contributed by atoms with Crippen LogP contribution in [0.15, 0.2) is 97.3 Å². The number of hydrogen-bond acceptors (Lipinski definition) is 18. The number of pyridine rings is 2. The highest BCUT2D eigenvalue weighted by Gasteiger charge is 2.57. The molecule has 6 aliphatic rings. The van der Waals surface area contributed by atoms with Crippen LogP contribution >= 0.6 is 0 Å². The van der Waals surface area contributed by atoms with E-state index < -0.39 is 41.3 Å². The topological polar surface area (TPSA) is 238 Å². The third kappa shape index (κ3) is 23.1. The average molecular weight is 1400 g/mol. The summed E-state index contributed by atoms with van der Waals surface area (Å²) in [6.07, 6.45) is 13.8. The van der Waals surface area contributed by atoms with Gasteiger partial charge < -0.3 is 48.1 Å². The lowest BCUT2D eigenvalue weighted by Crippen LogP contribution is -2.52. The second-order valence-electron chi connectivity index (χ2n) is 29.8. The summed E-state index contributed by atoms with van der Waals surface area (Å²) in [7, 11) is 0. The molecular formula is C79H107F2N5O15. The molecule has 20 nitrogen and oxygen atoms in total. The summed E-state index contributed by atoms with van der Waals surface area (Å²) in [6, 6.07) is 20.3. The van der Waals surface area contributed by atoms with Crippen molar-refractivity contribution in [1.82, 2.24) is 25.1 Å². The first-order valence-corrected chi connectivity index (χ1v) is 35.9. The minimum absolute atomic E-state index is 0.0418. The van der Waals surface area contributed by atoms with Crippen molar-refractivity contribution in [3.05, 3.63) is 120 Å². The van der Waals surface area contributed by atoms with Gasteiger partial charge in [-0.25, -0.2) is 37.7 Å². The van der Waals surface area contributed by atoms with Crippen LogP contribution < -0.4 is 5.32 Å². The first-order chi connectivity index (χ1) is 47.7. The van der Waals surface area contributed by atoms with Crippen LogP contribution in [0.4, 0.5) is 32.8 Å². The molecule has 4 heterocycles. The van der Waals surface area contributed by atoms with E-state index in [-0.39, 0.29) is 108 Å². The lowest BCUT2D eigenvalue weighted by atomic mass is 9.56. The molecule has 10 rings (SSSR count). The number of carbonyl (C=O) groups excluding carboxylic acids is 7. The van der Waals surface area contributed by atoms with Gasteiger partial charge in [0.2, 0.25) is 0 Å². The van der Waals surface area contributed by atoms with Crippen LogP contribution in [0.2, 0.25) is 0 Å². The van der Waals surface area contributed by atoms with Crippen LogP contribution in [0.5, 0.6) is 0 Å². The highest BCUT2D eigenvalue weighted by Crippen LogP contribution is 2.56. The van der Waals surface area contributed by atoms with Gasteiger partial charge in [0.15, 0.2) is 0 Å². The Labute approximate surface area is 595 Å². The minimum Gasteiger partial charge on any atom is -0.462 e. The standard InChI is InChI=1S/C34H41FN2O6.C29H33FN2O4.C10H18O5.C6H15N/c1-6-41-32(39)37(33(40)43-34(3,4)5)26-13-15-27-23(17-26)18-29-30(20(2)42-31(29)38)28(27)14-12-25-11-10-22(19-36-25)21-8-7-9-24(35)16-21;1-3-35-29(34)32-23-10-11-24-20(14-23)15-26-27(17(2)36-28(26)33)25(24)12-9-22-8-7-19(16-31-22)18-5-4-6-21(30)13-18;1-9(2,3)14-7(11)13-8(12)15-10(4,5)6;1-4-7(5-2)6-3/h7-12,14,16,19-20,23,26-30H,6,13,15,17-18H2,1-5H3;4-9,12-13,16-17,20,23-27H,3,10-11,14-15H2,1-2H3,(H,32,34);1-6H3;4-6H2,1-3H3/b14-12+;12-9+;;/t20-,23+,26-,27-,28+,29-,30+;17-,20+,23-,24-,25+,26-,27+;;/m11../s1. The number of nitrogens with zero attached hydrogens (tertiary/aromatic N) is 4. The van der Waals surface area contributed by atoms with Gasteiger partial charge in [0.25, 0.3) is 0 Å². The number of esters is 2. The zero-order valence-corrected chi connectivity index (χ0v) is 61.8. The molecule has 552 valence electrons. The maximum Gasteiger partial charge on any atom is 0.519 e. The van der Waals surface area contributed by atoms with Crippen LogP contribution in [0.1, 0.15) is 174 Å². The van der Waals surface area contributed by atoms with E-state index >= 15 is 0 Å². The predicted molar refractivity (Wildman–Crippen MR) is 380 cm³/mol. The molecule has 22 heteroatoms. The zero-order valence-electron chi connectivity index (χ0n) is 61.8. The van der Waals surface area contributed by atoms with Crippen molar-refractivity contribution in [2.75, 3.05) is 32.8 Å². The molecule has 1 N–H and O–H groups in total. The van der Waals surface area contributed by atoms with Gasteiger partial charge in [-0.05, 0) is 256 Å². The van der Waals surface area contributed by atoms with Gasteiger partial charge in [0, 0.05) is 47.4 Å². The summed E-state index contributed by atoms with van der Waals surface area (Å²) in [5.74, 6) is 0.373. The molecule has 0 radical (unpaired) electrons. The fourth-order valence-corrected chi connectivity index (χ4v) is 15.2. The van der Waals surface area contributed by atoms with Gasteiger partial charge in [0.05, 0.1) is 36.4 Å². The fraction of sp³-hybridized carbons (Fsp3) is 0.582. The Morgan fingerprint density at radius 1 is 0.554 bits per heavy atom. The van der Waals surface area contributed by atoms with Gasteiger partial charge in [-0.1, -0.05) is 69.3 Å². The summed E-state index contributed by atoms with van der Waals surface area (Å²) in [5, 5.41) is 3.00. The van der Waals surface area contributed by atoms with Gasteiger partial charge in [-0.15, -0.1) is 0 Å². The lowest BCUT2D eigenvalue weighted by Gasteiger charge is -2.48. The van der Waals surface area contributed by atoms with E-state index in [0.29, 0.717) is 37.7 Å². The molecular weight excluding hydrogens is 1300 g/mol. The van der Waals surface area contributed by atoms with Gasteiger partial charge in [-0.2, -0.15) is 0 Å². The van der Waals surface area contributed by atoms with Crippen molar-refractivity contribution in [3.63, 3.8) is 0 Å². The molecule has 4 aliphatic carbocycles. The molecule has 4 aromatic rings. The second kappa shape index (κ2) is 36.0. The number of imide groups is 1. The summed E-state index contributed by atoms with van der Waals surface area (Å²) in [4.78, 5) is 98.4. The van der Waals surface area contributed by atoms with E-state index in [9.17, 15) is 42.3 Å². The van der Waals surface area contributed by atoms with E-state index in [4.69, 9.17) is 33.2 Å². The maximum atomic E-state index is 13.7. The fourth-order valence-electron chi connectivity index (χ4n) is 15.2. The number of carbonyl (C=O) groups is 7. The molecule has 4 saturated carbocycles. The highest BCUT2D eigenvalue weighted by molar-refractivity contribution is 5.88. The molecule has 101 heavy (non-hydrogen) atoms. The van der Waals surface area contributed by atoms with Crippen molar-refractivity contribution in [3.8, 4) is 22.3 Å². The Hall–Kier alpha value is -8.27. The van der Waals surface area contributed by atoms with E-state index in [1.54, 1.807) is 101 Å². The van der Waals surface area contributed by atoms with Gasteiger partial charge >= 0.3 is 42.5 Å². The molecule has 3 amide bonds. The number of cyclic esters (lactones) is 2. The molecule has 6 fully saturated rings. The number of benzene rings is 2. The molecule has 0 bridgehead atoms. The largest absolute Gasteiger partial charge is 0.519 e. The van der Waals surface area contributed by atoms with Crippen LogP contribution in [0.3, 0.4) is 0 Å². The van der Waals surface area contributed by atoms with E-state index in [1.807, 2.05) is 62.4 Å². The molecule has 14 atom stereocenters. The Morgan fingerprint density at radius 3 is 1.40 bits per heavy atom. The molecule has 2 aliphatic heterocycles. The number of ether oxygens (including phenoxy) is 8. The van der Waals surface area contributed by atoms with E-state index in [2.05, 4.69) is 57.8 Å². The van der Waals surface area contributed by atoms with Crippen LogP contribution in [-0.4, -0.2) is 136 Å².